The molecule has 22 heavy (non-hydrogen) atoms. The lowest BCUT2D eigenvalue weighted by Crippen LogP contribution is -2.38. The summed E-state index contributed by atoms with van der Waals surface area (Å²) in [5.74, 6) is 0.443. The van der Waals surface area contributed by atoms with Crippen molar-refractivity contribution in [1.29, 1.82) is 0 Å². The van der Waals surface area contributed by atoms with E-state index in [2.05, 4.69) is 12.2 Å². The lowest BCUT2D eigenvalue weighted by atomic mass is 10.1. The number of unbranched alkanes of at least 4 members (excludes halogenated alkanes) is 6. The van der Waals surface area contributed by atoms with Gasteiger partial charge in [-0.15, -0.1) is 0 Å². The van der Waals surface area contributed by atoms with E-state index in [9.17, 15) is 14.4 Å². The zero-order valence-corrected chi connectivity index (χ0v) is 15.3. The molecule has 128 valence electrons. The van der Waals surface area contributed by atoms with Gasteiger partial charge in [-0.05, 0) is 12.8 Å². The van der Waals surface area contributed by atoms with Crippen LogP contribution in [-0.4, -0.2) is 28.6 Å². The van der Waals surface area contributed by atoms with E-state index in [-0.39, 0.29) is 42.8 Å². The standard InChI is InChI=1S/C16H27NO3S.H2S/c1-2-3-4-5-6-7-8-9-13(18)12-15(19)17-14-10-11-21-16(14)20;/h14H,2-12H2,1H3,(H,17,19);1H2. The quantitative estimate of drug-likeness (QED) is 0.460. The number of hydrogen-bond donors (Lipinski definition) is 1. The summed E-state index contributed by atoms with van der Waals surface area (Å²) in [6, 6.07) is -0.381. The van der Waals surface area contributed by atoms with E-state index in [1.807, 2.05) is 0 Å². The molecule has 1 saturated heterocycles. The second-order valence-electron chi connectivity index (χ2n) is 5.66. The molecular weight excluding hydrogens is 318 g/mol. The number of carbonyl (C=O) groups excluding carboxylic acids is 3. The molecule has 0 bridgehead atoms. The summed E-state index contributed by atoms with van der Waals surface area (Å²) in [6.07, 6.45) is 9.25. The zero-order valence-electron chi connectivity index (χ0n) is 13.5. The van der Waals surface area contributed by atoms with Gasteiger partial charge in [0.1, 0.15) is 5.78 Å². The largest absolute Gasteiger partial charge is 0.345 e. The van der Waals surface area contributed by atoms with Crippen molar-refractivity contribution in [2.75, 3.05) is 5.75 Å². The highest BCUT2D eigenvalue weighted by Crippen LogP contribution is 2.19. The minimum atomic E-state index is -0.381. The Morgan fingerprint density at radius 3 is 2.36 bits per heavy atom. The molecule has 4 nitrogen and oxygen atoms in total. The van der Waals surface area contributed by atoms with Gasteiger partial charge in [0.15, 0.2) is 0 Å². The van der Waals surface area contributed by atoms with Crippen molar-refractivity contribution >= 4 is 42.1 Å². The van der Waals surface area contributed by atoms with Gasteiger partial charge in [0.05, 0.1) is 12.5 Å². The lowest BCUT2D eigenvalue weighted by molar-refractivity contribution is -0.130. The molecule has 1 heterocycles. The van der Waals surface area contributed by atoms with Gasteiger partial charge in [0, 0.05) is 12.2 Å². The summed E-state index contributed by atoms with van der Waals surface area (Å²) in [5, 5.41) is 2.67. The maximum absolute atomic E-state index is 11.7. The topological polar surface area (TPSA) is 63.2 Å². The van der Waals surface area contributed by atoms with E-state index in [0.717, 1.165) is 18.6 Å². The van der Waals surface area contributed by atoms with Crippen LogP contribution in [0.3, 0.4) is 0 Å². The van der Waals surface area contributed by atoms with Gasteiger partial charge in [0.25, 0.3) is 0 Å². The molecule has 0 aliphatic carbocycles. The van der Waals surface area contributed by atoms with Crippen LogP contribution in [-0.2, 0) is 14.4 Å². The smallest absolute Gasteiger partial charge is 0.228 e. The number of hydrogen-bond acceptors (Lipinski definition) is 4. The Hall–Kier alpha value is -0.490. The highest BCUT2D eigenvalue weighted by molar-refractivity contribution is 8.14. The van der Waals surface area contributed by atoms with E-state index in [4.69, 9.17) is 0 Å². The fourth-order valence-electron chi connectivity index (χ4n) is 2.42. The fraction of sp³-hybridized carbons (Fsp3) is 0.812. The molecule has 0 aromatic rings. The van der Waals surface area contributed by atoms with Gasteiger partial charge in [-0.1, -0.05) is 57.2 Å². The highest BCUT2D eigenvalue weighted by atomic mass is 32.2. The van der Waals surface area contributed by atoms with Crippen molar-refractivity contribution < 1.29 is 14.4 Å². The van der Waals surface area contributed by atoms with E-state index in [1.54, 1.807) is 0 Å². The first kappa shape index (κ1) is 21.5. The van der Waals surface area contributed by atoms with Crippen molar-refractivity contribution in [2.24, 2.45) is 0 Å². The Balaban J connectivity index is 0.00000441. The minimum Gasteiger partial charge on any atom is -0.345 e. The molecule has 0 saturated carbocycles. The maximum Gasteiger partial charge on any atom is 0.228 e. The van der Waals surface area contributed by atoms with Gasteiger partial charge in [0.2, 0.25) is 11.0 Å². The average Bonchev–Trinajstić information content (AvgIpc) is 2.83. The monoisotopic (exact) mass is 347 g/mol. The van der Waals surface area contributed by atoms with Crippen LogP contribution >= 0.6 is 25.3 Å². The molecule has 1 amide bonds. The molecule has 1 aliphatic rings. The Kier molecular flexibility index (Phi) is 12.7. The average molecular weight is 348 g/mol. The number of Topliss-reactive ketones (excluding diaryl/α,β-unsaturated/α-hetero) is 1. The molecule has 1 aliphatic heterocycles. The lowest BCUT2D eigenvalue weighted by Gasteiger charge is -2.09. The second kappa shape index (κ2) is 13.0. The number of ketones is 1. The van der Waals surface area contributed by atoms with Crippen LogP contribution in [0.15, 0.2) is 0 Å². The summed E-state index contributed by atoms with van der Waals surface area (Å²) in [6.45, 7) is 2.20. The van der Waals surface area contributed by atoms with E-state index >= 15 is 0 Å². The minimum absolute atomic E-state index is 0. The van der Waals surface area contributed by atoms with Crippen molar-refractivity contribution in [3.8, 4) is 0 Å². The molecule has 1 unspecified atom stereocenters. The number of nitrogens with one attached hydrogen (secondary N) is 1. The normalized spacial score (nSPS) is 17.1. The first-order chi connectivity index (χ1) is 10.1. The molecule has 6 heteroatoms. The van der Waals surface area contributed by atoms with E-state index in [1.165, 1.54) is 43.9 Å². The first-order valence-electron chi connectivity index (χ1n) is 8.11. The Morgan fingerprint density at radius 1 is 1.14 bits per heavy atom. The van der Waals surface area contributed by atoms with Crippen LogP contribution in [0.25, 0.3) is 0 Å². The van der Waals surface area contributed by atoms with E-state index < -0.39 is 0 Å². The molecule has 0 aromatic heterocycles. The van der Waals surface area contributed by atoms with Crippen LogP contribution in [0, 0.1) is 0 Å². The summed E-state index contributed by atoms with van der Waals surface area (Å²) in [5.41, 5.74) is 0. The van der Waals surface area contributed by atoms with Crippen molar-refractivity contribution in [1.82, 2.24) is 5.32 Å². The van der Waals surface area contributed by atoms with Gasteiger partial charge in [-0.2, -0.15) is 13.5 Å². The Bertz CT molecular complexity index is 361. The van der Waals surface area contributed by atoms with Gasteiger partial charge >= 0.3 is 0 Å². The van der Waals surface area contributed by atoms with Crippen LogP contribution in [0.5, 0.6) is 0 Å². The van der Waals surface area contributed by atoms with Crippen molar-refractivity contribution in [3.05, 3.63) is 0 Å². The van der Waals surface area contributed by atoms with Crippen molar-refractivity contribution in [3.63, 3.8) is 0 Å². The molecule has 1 N–H and O–H groups in total. The molecule has 1 fully saturated rings. The molecular formula is C16H29NO3S2. The predicted octanol–water partition coefficient (Wildman–Crippen LogP) is 3.35. The third kappa shape index (κ3) is 9.51. The molecule has 0 aromatic carbocycles. The Labute approximate surface area is 145 Å². The number of rotatable bonds is 11. The molecule has 1 atom stereocenters. The molecule has 1 rings (SSSR count). The van der Waals surface area contributed by atoms with Crippen LogP contribution in [0.4, 0.5) is 0 Å². The first-order valence-corrected chi connectivity index (χ1v) is 9.09. The summed E-state index contributed by atoms with van der Waals surface area (Å²) < 4.78 is 0. The van der Waals surface area contributed by atoms with Crippen LogP contribution in [0.2, 0.25) is 0 Å². The third-order valence-electron chi connectivity index (χ3n) is 3.69. The molecule has 0 spiro atoms. The molecule has 0 radical (unpaired) electrons. The van der Waals surface area contributed by atoms with Crippen LogP contribution in [0.1, 0.15) is 71.1 Å². The van der Waals surface area contributed by atoms with Gasteiger partial charge in [-0.3, -0.25) is 14.4 Å². The summed E-state index contributed by atoms with van der Waals surface area (Å²) >= 11 is 1.25. The third-order valence-corrected chi connectivity index (χ3v) is 4.70. The van der Waals surface area contributed by atoms with Crippen molar-refractivity contribution in [2.45, 2.75) is 77.2 Å². The van der Waals surface area contributed by atoms with Gasteiger partial charge < -0.3 is 5.32 Å². The number of carbonyl (C=O) groups is 3. The fourth-order valence-corrected chi connectivity index (χ4v) is 3.35. The SMILES string of the molecule is CCCCCCCCCC(=O)CC(=O)NC1CCSC1=O.S. The Morgan fingerprint density at radius 2 is 1.77 bits per heavy atom. The summed E-state index contributed by atoms with van der Waals surface area (Å²) in [4.78, 5) is 34.7. The zero-order chi connectivity index (χ0) is 15.5. The number of thioether (sulfide) groups is 1. The summed E-state index contributed by atoms with van der Waals surface area (Å²) in [7, 11) is 0. The van der Waals surface area contributed by atoms with E-state index in [0.29, 0.717) is 12.8 Å². The predicted molar refractivity (Wildman–Crippen MR) is 96.6 cm³/mol. The maximum atomic E-state index is 11.7. The number of amides is 1. The van der Waals surface area contributed by atoms with Crippen LogP contribution < -0.4 is 5.32 Å². The second-order valence-corrected chi connectivity index (χ2v) is 6.76. The highest BCUT2D eigenvalue weighted by Gasteiger charge is 2.27. The van der Waals surface area contributed by atoms with Gasteiger partial charge in [-0.25, -0.2) is 0 Å².